The second-order valence-electron chi connectivity index (χ2n) is 3.59. The lowest BCUT2D eigenvalue weighted by molar-refractivity contribution is 0.0692. The van der Waals surface area contributed by atoms with Crippen LogP contribution in [0.3, 0.4) is 0 Å². The Labute approximate surface area is 108 Å². The Balaban J connectivity index is 2.42. The van der Waals surface area contributed by atoms with Crippen molar-refractivity contribution in [3.8, 4) is 17.0 Å². The lowest BCUT2D eigenvalue weighted by atomic mass is 10.1. The van der Waals surface area contributed by atoms with Crippen LogP contribution in [0.5, 0.6) is 5.75 Å². The van der Waals surface area contributed by atoms with E-state index in [1.165, 1.54) is 0 Å². The van der Waals surface area contributed by atoms with E-state index >= 15 is 0 Å². The van der Waals surface area contributed by atoms with Gasteiger partial charge in [-0.1, -0.05) is 0 Å². The van der Waals surface area contributed by atoms with Crippen molar-refractivity contribution in [2.24, 2.45) is 0 Å². The van der Waals surface area contributed by atoms with E-state index in [-0.39, 0.29) is 10.5 Å². The Morgan fingerprint density at radius 2 is 2.00 bits per heavy atom. The third-order valence-corrected chi connectivity index (χ3v) is 2.60. The van der Waals surface area contributed by atoms with Crippen LogP contribution >= 0.6 is 12.2 Å². The van der Waals surface area contributed by atoms with Crippen molar-refractivity contribution in [1.29, 1.82) is 0 Å². The molecule has 94 valence electrons. The predicted molar refractivity (Wildman–Crippen MR) is 69.5 cm³/mol. The average molecular weight is 264 g/mol. The molecule has 5 nitrogen and oxygen atoms in total. The number of imidazole rings is 1. The van der Waals surface area contributed by atoms with Crippen LogP contribution < -0.4 is 4.74 Å². The molecule has 6 heteroatoms. The number of hydrogen-bond donors (Lipinski definition) is 3. The third kappa shape index (κ3) is 2.43. The molecule has 0 aliphatic carbocycles. The number of ether oxygens (including phenoxy) is 1. The molecule has 0 fully saturated rings. The fourth-order valence-electron chi connectivity index (χ4n) is 1.64. The highest BCUT2D eigenvalue weighted by atomic mass is 32.1. The third-order valence-electron chi connectivity index (χ3n) is 2.39. The zero-order chi connectivity index (χ0) is 13.1. The highest BCUT2D eigenvalue weighted by Gasteiger charge is 2.14. The quantitative estimate of drug-likeness (QED) is 0.742. The zero-order valence-corrected chi connectivity index (χ0v) is 10.5. The maximum absolute atomic E-state index is 11.1. The summed E-state index contributed by atoms with van der Waals surface area (Å²) in [4.78, 5) is 16.5. The van der Waals surface area contributed by atoms with Gasteiger partial charge in [-0.2, -0.15) is 0 Å². The van der Waals surface area contributed by atoms with Gasteiger partial charge in [0, 0.05) is 5.56 Å². The number of nitrogens with one attached hydrogen (secondary N) is 2. The molecule has 1 aromatic heterocycles. The summed E-state index contributed by atoms with van der Waals surface area (Å²) < 4.78 is 5.61. The van der Waals surface area contributed by atoms with Crippen molar-refractivity contribution in [3.63, 3.8) is 0 Å². The Kier molecular flexibility index (Phi) is 3.47. The van der Waals surface area contributed by atoms with Crippen LogP contribution in [-0.2, 0) is 0 Å². The molecule has 3 N–H and O–H groups in total. The van der Waals surface area contributed by atoms with Crippen LogP contribution in [0.1, 0.15) is 17.4 Å². The summed E-state index contributed by atoms with van der Waals surface area (Å²) in [7, 11) is 0. The van der Waals surface area contributed by atoms with E-state index in [4.69, 9.17) is 22.1 Å². The molecule has 2 aromatic rings. The fourth-order valence-corrected chi connectivity index (χ4v) is 1.85. The SMILES string of the molecule is CCOc1ccc(-c2[nH]c(=S)[nH]c2C(=O)O)cc1. The van der Waals surface area contributed by atoms with Gasteiger partial charge >= 0.3 is 5.97 Å². The maximum Gasteiger partial charge on any atom is 0.354 e. The van der Waals surface area contributed by atoms with E-state index in [0.29, 0.717) is 12.3 Å². The molecule has 18 heavy (non-hydrogen) atoms. The van der Waals surface area contributed by atoms with Crippen LogP contribution in [0.15, 0.2) is 24.3 Å². The first-order valence-corrected chi connectivity index (χ1v) is 5.81. The summed E-state index contributed by atoms with van der Waals surface area (Å²) in [5.74, 6) is -0.307. The molecule has 0 aliphatic rings. The summed E-state index contributed by atoms with van der Waals surface area (Å²) in [6.45, 7) is 2.49. The first-order valence-electron chi connectivity index (χ1n) is 5.40. The van der Waals surface area contributed by atoms with Crippen LogP contribution in [0.25, 0.3) is 11.3 Å². The highest BCUT2D eigenvalue weighted by Crippen LogP contribution is 2.23. The molecule has 0 aliphatic heterocycles. The van der Waals surface area contributed by atoms with Crippen LogP contribution in [0, 0.1) is 4.77 Å². The van der Waals surface area contributed by atoms with Crippen molar-refractivity contribution in [2.45, 2.75) is 6.92 Å². The van der Waals surface area contributed by atoms with E-state index in [2.05, 4.69) is 9.97 Å². The van der Waals surface area contributed by atoms with Gasteiger partial charge in [0.15, 0.2) is 10.5 Å². The zero-order valence-electron chi connectivity index (χ0n) is 9.69. The fraction of sp³-hybridized carbons (Fsp3) is 0.167. The van der Waals surface area contributed by atoms with Crippen molar-refractivity contribution in [3.05, 3.63) is 34.7 Å². The first kappa shape index (κ1) is 12.4. The number of aromatic nitrogens is 2. The molecule has 0 spiro atoms. The van der Waals surface area contributed by atoms with Gasteiger partial charge in [0.25, 0.3) is 0 Å². The van der Waals surface area contributed by atoms with Crippen molar-refractivity contribution < 1.29 is 14.6 Å². The molecule has 0 saturated carbocycles. The molecule has 0 amide bonds. The molecule has 0 atom stereocenters. The number of carboxylic acid groups (broad SMARTS) is 1. The number of rotatable bonds is 4. The van der Waals surface area contributed by atoms with Gasteiger partial charge in [-0.15, -0.1) is 0 Å². The topological polar surface area (TPSA) is 78.1 Å². The summed E-state index contributed by atoms with van der Waals surface area (Å²) in [5, 5.41) is 9.06. The Hall–Kier alpha value is -2.08. The minimum atomic E-state index is -1.05. The molecule has 1 heterocycles. The summed E-state index contributed by atoms with van der Waals surface area (Å²) >= 11 is 4.91. The van der Waals surface area contributed by atoms with Gasteiger partial charge < -0.3 is 19.8 Å². The molecule has 1 aromatic carbocycles. The number of benzene rings is 1. The summed E-state index contributed by atoms with van der Waals surface area (Å²) in [6, 6.07) is 7.14. The Morgan fingerprint density at radius 3 is 2.56 bits per heavy atom. The van der Waals surface area contributed by atoms with Crippen molar-refractivity contribution >= 4 is 18.2 Å². The number of carbonyl (C=O) groups is 1. The van der Waals surface area contributed by atoms with Gasteiger partial charge in [-0.3, -0.25) is 0 Å². The summed E-state index contributed by atoms with van der Waals surface area (Å²) in [5.41, 5.74) is 1.27. The van der Waals surface area contributed by atoms with Crippen LogP contribution in [0.2, 0.25) is 0 Å². The van der Waals surface area contributed by atoms with Crippen LogP contribution in [0.4, 0.5) is 0 Å². The number of aromatic amines is 2. The molecule has 2 rings (SSSR count). The summed E-state index contributed by atoms with van der Waals surface area (Å²) in [6.07, 6.45) is 0. The molecular formula is C12H12N2O3S. The second kappa shape index (κ2) is 5.05. The largest absolute Gasteiger partial charge is 0.494 e. The van der Waals surface area contributed by atoms with Crippen molar-refractivity contribution in [1.82, 2.24) is 9.97 Å². The highest BCUT2D eigenvalue weighted by molar-refractivity contribution is 7.71. The number of aromatic carboxylic acids is 1. The van der Waals surface area contributed by atoms with E-state index in [1.807, 2.05) is 6.92 Å². The van der Waals surface area contributed by atoms with Gasteiger partial charge in [-0.25, -0.2) is 4.79 Å². The molecular weight excluding hydrogens is 252 g/mol. The van der Waals surface area contributed by atoms with Crippen molar-refractivity contribution in [2.75, 3.05) is 6.61 Å². The average Bonchev–Trinajstić information content (AvgIpc) is 2.73. The minimum Gasteiger partial charge on any atom is -0.494 e. The normalized spacial score (nSPS) is 10.3. The number of hydrogen-bond acceptors (Lipinski definition) is 3. The molecule has 0 radical (unpaired) electrons. The van der Waals surface area contributed by atoms with E-state index in [9.17, 15) is 4.79 Å². The van der Waals surface area contributed by atoms with E-state index in [0.717, 1.165) is 11.3 Å². The van der Waals surface area contributed by atoms with Gasteiger partial charge in [-0.05, 0) is 43.4 Å². The standard InChI is InChI=1S/C12H12N2O3S/c1-2-17-8-5-3-7(4-6-8)9-10(11(15)16)14-12(18)13-9/h3-6H,2H2,1H3,(H,15,16)(H2,13,14,18). The smallest absolute Gasteiger partial charge is 0.354 e. The number of H-pyrrole nitrogens is 2. The van der Waals surface area contributed by atoms with Crippen LogP contribution in [-0.4, -0.2) is 27.7 Å². The number of carboxylic acids is 1. The monoisotopic (exact) mass is 264 g/mol. The maximum atomic E-state index is 11.1. The predicted octanol–water partition coefficient (Wildman–Crippen LogP) is 2.84. The molecule has 0 saturated heterocycles. The lowest BCUT2D eigenvalue weighted by Crippen LogP contribution is -1.99. The second-order valence-corrected chi connectivity index (χ2v) is 4.00. The Morgan fingerprint density at radius 1 is 1.33 bits per heavy atom. The van der Waals surface area contributed by atoms with Gasteiger partial charge in [0.05, 0.1) is 12.3 Å². The first-order chi connectivity index (χ1) is 8.61. The Bertz CT molecular complexity index is 613. The van der Waals surface area contributed by atoms with Gasteiger partial charge in [0.2, 0.25) is 0 Å². The molecule has 0 unspecified atom stereocenters. The van der Waals surface area contributed by atoms with Gasteiger partial charge in [0.1, 0.15) is 5.75 Å². The lowest BCUT2D eigenvalue weighted by Gasteiger charge is -2.04. The van der Waals surface area contributed by atoms with E-state index < -0.39 is 5.97 Å². The molecule has 0 bridgehead atoms. The van der Waals surface area contributed by atoms with E-state index in [1.54, 1.807) is 24.3 Å². The minimum absolute atomic E-state index is 0.0594.